The van der Waals surface area contributed by atoms with Gasteiger partial charge in [-0.25, -0.2) is 0 Å². The highest BCUT2D eigenvalue weighted by atomic mass is 16.5. The lowest BCUT2D eigenvalue weighted by molar-refractivity contribution is -0.877. The van der Waals surface area contributed by atoms with Crippen LogP contribution in [0.25, 0.3) is 0 Å². The van der Waals surface area contributed by atoms with Crippen molar-refractivity contribution in [1.82, 2.24) is 0 Å². The summed E-state index contributed by atoms with van der Waals surface area (Å²) in [6.45, 7) is 8.39. The molecule has 2 fully saturated rings. The van der Waals surface area contributed by atoms with Gasteiger partial charge < -0.3 is 19.3 Å². The summed E-state index contributed by atoms with van der Waals surface area (Å²) < 4.78 is 11.0. The van der Waals surface area contributed by atoms with Gasteiger partial charge in [-0.3, -0.25) is 0 Å². The molecule has 0 radical (unpaired) electrons. The predicted octanol–water partition coefficient (Wildman–Crippen LogP) is -0.986. The van der Waals surface area contributed by atoms with Crippen molar-refractivity contribution >= 4 is 0 Å². The van der Waals surface area contributed by atoms with E-state index in [2.05, 4.69) is 12.2 Å². The van der Waals surface area contributed by atoms with E-state index in [1.165, 1.54) is 19.3 Å². The number of ether oxygens (including phenoxy) is 2. The first kappa shape index (κ1) is 13.9. The minimum atomic E-state index is 0.793. The molecular weight excluding hydrogens is 264 g/mol. The quantitative estimate of drug-likeness (QED) is 0.684. The van der Waals surface area contributed by atoms with Gasteiger partial charge in [-0.2, -0.15) is 0 Å². The Kier molecular flexibility index (Phi) is 4.12. The molecule has 0 aromatic rings. The predicted molar refractivity (Wildman–Crippen MR) is 80.0 cm³/mol. The Morgan fingerprint density at radius 3 is 1.57 bits per heavy atom. The summed E-state index contributed by atoms with van der Waals surface area (Å²) in [6, 6.07) is 0. The highest BCUT2D eigenvalue weighted by Crippen LogP contribution is 2.36. The molecular formula is C17H28N2O2+2. The van der Waals surface area contributed by atoms with Crippen molar-refractivity contribution in [2.45, 2.75) is 19.3 Å². The Labute approximate surface area is 127 Å². The number of allylic oxidation sites excluding steroid dienone is 4. The van der Waals surface area contributed by atoms with Crippen LogP contribution >= 0.6 is 0 Å². The van der Waals surface area contributed by atoms with E-state index in [-0.39, 0.29) is 0 Å². The van der Waals surface area contributed by atoms with E-state index in [0.29, 0.717) is 0 Å². The summed E-state index contributed by atoms with van der Waals surface area (Å²) in [5, 5.41) is 0. The van der Waals surface area contributed by atoms with Crippen molar-refractivity contribution in [3.05, 3.63) is 23.5 Å². The zero-order valence-electron chi connectivity index (χ0n) is 12.9. The third-order valence-corrected chi connectivity index (χ3v) is 5.70. The average molecular weight is 292 g/mol. The molecule has 4 aliphatic rings. The Hall–Kier alpha value is -0.680. The van der Waals surface area contributed by atoms with Crippen molar-refractivity contribution in [3.8, 4) is 0 Å². The van der Waals surface area contributed by atoms with Crippen LogP contribution in [0.15, 0.2) is 23.5 Å². The second-order valence-electron chi connectivity index (χ2n) is 6.85. The largest absolute Gasteiger partial charge is 0.370 e. The fourth-order valence-electron chi connectivity index (χ4n) is 4.59. The third-order valence-electron chi connectivity index (χ3n) is 5.70. The molecule has 2 bridgehead atoms. The van der Waals surface area contributed by atoms with E-state index >= 15 is 0 Å². The SMILES string of the molecule is C1=C([NH+]2CCOCC2)C2CC=C([NH+]3CCOCC3)C(C1)C2. The molecule has 4 nitrogen and oxygen atoms in total. The Bertz CT molecular complexity index is 394. The third kappa shape index (κ3) is 2.82. The van der Waals surface area contributed by atoms with E-state index in [9.17, 15) is 0 Å². The highest BCUT2D eigenvalue weighted by Gasteiger charge is 2.39. The molecule has 2 atom stereocenters. The average Bonchev–Trinajstić information content (AvgIpc) is 2.57. The lowest BCUT2D eigenvalue weighted by atomic mass is 9.75. The topological polar surface area (TPSA) is 27.3 Å². The van der Waals surface area contributed by atoms with Crippen LogP contribution in [0.5, 0.6) is 0 Å². The zero-order valence-corrected chi connectivity index (χ0v) is 12.9. The maximum absolute atomic E-state index is 5.52. The maximum Gasteiger partial charge on any atom is 0.107 e. The number of morpholine rings is 2. The summed E-state index contributed by atoms with van der Waals surface area (Å²) in [6.07, 6.45) is 9.05. The van der Waals surface area contributed by atoms with Gasteiger partial charge in [-0.1, -0.05) is 0 Å². The second-order valence-corrected chi connectivity index (χ2v) is 6.85. The van der Waals surface area contributed by atoms with Crippen LogP contribution < -0.4 is 9.80 Å². The maximum atomic E-state index is 5.52. The van der Waals surface area contributed by atoms with E-state index in [1.807, 2.05) is 0 Å². The van der Waals surface area contributed by atoms with Gasteiger partial charge >= 0.3 is 0 Å². The number of hydrogen-bond donors (Lipinski definition) is 2. The summed E-state index contributed by atoms with van der Waals surface area (Å²) in [4.78, 5) is 3.39. The first-order valence-corrected chi connectivity index (χ1v) is 8.67. The van der Waals surface area contributed by atoms with Crippen LogP contribution in [-0.4, -0.2) is 52.6 Å². The molecule has 0 aromatic carbocycles. The lowest BCUT2D eigenvalue weighted by Crippen LogP contribution is -3.14. The molecule has 2 N–H and O–H groups in total. The molecule has 0 amide bonds. The molecule has 2 saturated heterocycles. The van der Waals surface area contributed by atoms with Gasteiger partial charge in [0.2, 0.25) is 0 Å². The van der Waals surface area contributed by atoms with Crippen LogP contribution in [0.1, 0.15) is 19.3 Å². The van der Waals surface area contributed by atoms with Crippen molar-refractivity contribution in [2.75, 3.05) is 52.6 Å². The molecule has 0 saturated carbocycles. The van der Waals surface area contributed by atoms with Crippen molar-refractivity contribution in [2.24, 2.45) is 11.8 Å². The Balaban J connectivity index is 1.45. The molecule has 116 valence electrons. The van der Waals surface area contributed by atoms with Crippen molar-refractivity contribution in [3.63, 3.8) is 0 Å². The van der Waals surface area contributed by atoms with Crippen LogP contribution in [-0.2, 0) is 9.47 Å². The molecule has 21 heavy (non-hydrogen) atoms. The van der Waals surface area contributed by atoms with Crippen LogP contribution in [0, 0.1) is 11.8 Å². The summed E-state index contributed by atoms with van der Waals surface area (Å²) in [5.41, 5.74) is 3.39. The van der Waals surface area contributed by atoms with Gasteiger partial charge in [0, 0.05) is 11.8 Å². The molecule has 2 heterocycles. The molecule has 4 rings (SSSR count). The van der Waals surface area contributed by atoms with Gasteiger partial charge in [0.05, 0.1) is 26.4 Å². The molecule has 0 spiro atoms. The van der Waals surface area contributed by atoms with E-state index in [0.717, 1.165) is 64.4 Å². The zero-order chi connectivity index (χ0) is 14.1. The minimum Gasteiger partial charge on any atom is -0.370 e. The molecule has 2 aliphatic heterocycles. The number of rotatable bonds is 2. The number of hydrogen-bond acceptors (Lipinski definition) is 2. The molecule has 2 aliphatic carbocycles. The number of fused-ring (bicyclic) bond motifs is 2. The summed E-state index contributed by atoms with van der Waals surface area (Å²) in [5.74, 6) is 1.59. The Morgan fingerprint density at radius 1 is 0.714 bits per heavy atom. The van der Waals surface area contributed by atoms with Crippen LogP contribution in [0.2, 0.25) is 0 Å². The van der Waals surface area contributed by atoms with Gasteiger partial charge in [-0.05, 0) is 31.4 Å². The number of nitrogens with one attached hydrogen (secondary N) is 2. The van der Waals surface area contributed by atoms with Gasteiger partial charge in [0.1, 0.15) is 37.6 Å². The second kappa shape index (κ2) is 6.21. The van der Waals surface area contributed by atoms with Gasteiger partial charge in [0.25, 0.3) is 0 Å². The standard InChI is InChI=1S/C17H26N2O2/c1-3-16(18-5-9-20-10-6-18)15-2-4-17(14(1)13-15)19-7-11-21-12-8-19/h3-4,14-15H,1-2,5-13H2/p+2. The van der Waals surface area contributed by atoms with E-state index in [1.54, 1.807) is 21.2 Å². The van der Waals surface area contributed by atoms with Crippen molar-refractivity contribution in [1.29, 1.82) is 0 Å². The minimum absolute atomic E-state index is 0.793. The van der Waals surface area contributed by atoms with E-state index < -0.39 is 0 Å². The normalized spacial score (nSPS) is 35.2. The van der Waals surface area contributed by atoms with E-state index in [4.69, 9.17) is 9.47 Å². The molecule has 0 aromatic heterocycles. The highest BCUT2D eigenvalue weighted by molar-refractivity contribution is 5.16. The fourth-order valence-corrected chi connectivity index (χ4v) is 4.59. The molecule has 2 unspecified atom stereocenters. The number of quaternary nitrogens is 2. The summed E-state index contributed by atoms with van der Waals surface area (Å²) >= 11 is 0. The monoisotopic (exact) mass is 292 g/mol. The summed E-state index contributed by atoms with van der Waals surface area (Å²) in [7, 11) is 0. The first-order valence-electron chi connectivity index (χ1n) is 8.67. The van der Waals surface area contributed by atoms with Crippen LogP contribution in [0.4, 0.5) is 0 Å². The fraction of sp³-hybridized carbons (Fsp3) is 0.765. The lowest BCUT2D eigenvalue weighted by Gasteiger charge is -2.39. The molecule has 4 heteroatoms. The van der Waals surface area contributed by atoms with Gasteiger partial charge in [0.15, 0.2) is 0 Å². The van der Waals surface area contributed by atoms with Gasteiger partial charge in [-0.15, -0.1) is 0 Å². The first-order chi connectivity index (χ1) is 10.4. The van der Waals surface area contributed by atoms with Crippen molar-refractivity contribution < 1.29 is 19.3 Å². The van der Waals surface area contributed by atoms with Crippen LogP contribution in [0.3, 0.4) is 0 Å². The smallest absolute Gasteiger partial charge is 0.107 e. The Morgan fingerprint density at radius 2 is 1.14 bits per heavy atom.